The molecular formula is C16H20N4O3. The van der Waals surface area contributed by atoms with E-state index in [4.69, 9.17) is 9.47 Å². The van der Waals surface area contributed by atoms with Crippen molar-refractivity contribution in [2.45, 2.75) is 13.0 Å². The predicted octanol–water partition coefficient (Wildman–Crippen LogP) is 0.822. The lowest BCUT2D eigenvalue weighted by atomic mass is 10.3. The Kier molecular flexibility index (Phi) is 5.33. The largest absolute Gasteiger partial charge is 0.463 e. The molecule has 0 radical (unpaired) electrons. The van der Waals surface area contributed by atoms with Crippen molar-refractivity contribution >= 4 is 5.82 Å². The molecule has 0 bridgehead atoms. The molecule has 0 spiro atoms. The molecule has 7 heteroatoms. The van der Waals surface area contributed by atoms with Gasteiger partial charge in [0.1, 0.15) is 5.82 Å². The van der Waals surface area contributed by atoms with E-state index in [0.717, 1.165) is 24.6 Å². The zero-order valence-electron chi connectivity index (χ0n) is 12.9. The molecule has 0 unspecified atom stereocenters. The fourth-order valence-electron chi connectivity index (χ4n) is 2.35. The minimum atomic E-state index is -0.142. The van der Waals surface area contributed by atoms with E-state index in [0.29, 0.717) is 31.9 Å². The molecule has 2 aromatic heterocycles. The van der Waals surface area contributed by atoms with Crippen molar-refractivity contribution in [2.24, 2.45) is 0 Å². The minimum Gasteiger partial charge on any atom is -0.463 e. The molecule has 3 rings (SSSR count). The summed E-state index contributed by atoms with van der Waals surface area (Å²) in [6, 6.07) is 7.85. The SMILES string of the molecule is OCc1cc(N2CCOCC2)nc(OCCc2ccccn2)n1. The van der Waals surface area contributed by atoms with Crippen LogP contribution in [-0.2, 0) is 17.8 Å². The second-order valence-corrected chi connectivity index (χ2v) is 5.18. The Morgan fingerprint density at radius 1 is 1.17 bits per heavy atom. The number of ether oxygens (including phenoxy) is 2. The van der Waals surface area contributed by atoms with Gasteiger partial charge in [0, 0.05) is 37.5 Å². The lowest BCUT2D eigenvalue weighted by molar-refractivity contribution is 0.122. The van der Waals surface area contributed by atoms with Gasteiger partial charge in [-0.25, -0.2) is 0 Å². The molecule has 3 heterocycles. The molecule has 0 saturated carbocycles. The zero-order chi connectivity index (χ0) is 15.9. The Bertz CT molecular complexity index is 618. The highest BCUT2D eigenvalue weighted by Crippen LogP contribution is 2.18. The van der Waals surface area contributed by atoms with Crippen LogP contribution in [0.3, 0.4) is 0 Å². The Morgan fingerprint density at radius 3 is 2.78 bits per heavy atom. The highest BCUT2D eigenvalue weighted by atomic mass is 16.5. The Balaban J connectivity index is 1.65. The van der Waals surface area contributed by atoms with Crippen LogP contribution < -0.4 is 9.64 Å². The fraction of sp³-hybridized carbons (Fsp3) is 0.438. The average molecular weight is 316 g/mol. The van der Waals surface area contributed by atoms with Crippen LogP contribution in [0.4, 0.5) is 5.82 Å². The van der Waals surface area contributed by atoms with E-state index in [1.165, 1.54) is 0 Å². The first kappa shape index (κ1) is 15.6. The monoisotopic (exact) mass is 316 g/mol. The first-order chi connectivity index (χ1) is 11.3. The van der Waals surface area contributed by atoms with E-state index in [1.807, 2.05) is 18.2 Å². The lowest BCUT2D eigenvalue weighted by Crippen LogP contribution is -2.37. The summed E-state index contributed by atoms with van der Waals surface area (Å²) in [4.78, 5) is 15.0. The molecule has 0 aromatic carbocycles. The summed E-state index contributed by atoms with van der Waals surface area (Å²) >= 11 is 0. The molecule has 2 aromatic rings. The van der Waals surface area contributed by atoms with Crippen molar-refractivity contribution < 1.29 is 14.6 Å². The summed E-state index contributed by atoms with van der Waals surface area (Å²) in [5.41, 5.74) is 1.51. The van der Waals surface area contributed by atoms with Gasteiger partial charge in [-0.1, -0.05) is 6.07 Å². The number of hydrogen-bond donors (Lipinski definition) is 1. The molecule has 1 fully saturated rings. The van der Waals surface area contributed by atoms with Crippen molar-refractivity contribution in [1.29, 1.82) is 0 Å². The molecule has 1 aliphatic heterocycles. The van der Waals surface area contributed by atoms with Gasteiger partial charge in [0.2, 0.25) is 0 Å². The third-order valence-electron chi connectivity index (χ3n) is 3.56. The summed E-state index contributed by atoms with van der Waals surface area (Å²) in [7, 11) is 0. The van der Waals surface area contributed by atoms with Crippen LogP contribution in [0.2, 0.25) is 0 Å². The molecule has 122 valence electrons. The fourth-order valence-corrected chi connectivity index (χ4v) is 2.35. The van der Waals surface area contributed by atoms with Gasteiger partial charge in [-0.2, -0.15) is 9.97 Å². The number of anilines is 1. The van der Waals surface area contributed by atoms with E-state index >= 15 is 0 Å². The molecule has 0 amide bonds. The summed E-state index contributed by atoms with van der Waals surface area (Å²) in [6.45, 7) is 3.19. The van der Waals surface area contributed by atoms with Crippen LogP contribution in [0.1, 0.15) is 11.4 Å². The highest BCUT2D eigenvalue weighted by Gasteiger charge is 2.15. The number of rotatable bonds is 6. The van der Waals surface area contributed by atoms with Crippen molar-refractivity contribution in [2.75, 3.05) is 37.8 Å². The van der Waals surface area contributed by atoms with Crippen LogP contribution in [0.25, 0.3) is 0 Å². The van der Waals surface area contributed by atoms with Crippen LogP contribution in [0.5, 0.6) is 6.01 Å². The number of pyridine rings is 1. The number of nitrogens with zero attached hydrogens (tertiary/aromatic N) is 4. The number of aliphatic hydroxyl groups excluding tert-OH is 1. The number of aromatic nitrogens is 3. The van der Waals surface area contributed by atoms with E-state index < -0.39 is 0 Å². The smallest absolute Gasteiger partial charge is 0.318 e. The maximum Gasteiger partial charge on any atom is 0.318 e. The minimum absolute atomic E-state index is 0.142. The molecular weight excluding hydrogens is 296 g/mol. The predicted molar refractivity (Wildman–Crippen MR) is 84.4 cm³/mol. The lowest BCUT2D eigenvalue weighted by Gasteiger charge is -2.28. The molecule has 0 atom stereocenters. The van der Waals surface area contributed by atoms with Gasteiger partial charge < -0.3 is 19.5 Å². The van der Waals surface area contributed by atoms with Gasteiger partial charge in [0.05, 0.1) is 32.1 Å². The highest BCUT2D eigenvalue weighted by molar-refractivity contribution is 5.41. The molecule has 1 aliphatic rings. The van der Waals surface area contributed by atoms with Crippen molar-refractivity contribution in [3.63, 3.8) is 0 Å². The second kappa shape index (κ2) is 7.85. The van der Waals surface area contributed by atoms with Gasteiger partial charge >= 0.3 is 6.01 Å². The molecule has 23 heavy (non-hydrogen) atoms. The third kappa shape index (κ3) is 4.37. The average Bonchev–Trinajstić information content (AvgIpc) is 2.63. The van der Waals surface area contributed by atoms with E-state index in [9.17, 15) is 5.11 Å². The van der Waals surface area contributed by atoms with E-state index in [1.54, 1.807) is 12.3 Å². The topological polar surface area (TPSA) is 80.6 Å². The van der Waals surface area contributed by atoms with Gasteiger partial charge in [-0.05, 0) is 12.1 Å². The number of aliphatic hydroxyl groups is 1. The Labute approximate surface area is 134 Å². The first-order valence-electron chi connectivity index (χ1n) is 7.69. The van der Waals surface area contributed by atoms with Crippen LogP contribution in [-0.4, -0.2) is 53.0 Å². The van der Waals surface area contributed by atoms with Gasteiger partial charge in [-0.3, -0.25) is 4.98 Å². The van der Waals surface area contributed by atoms with Gasteiger partial charge in [-0.15, -0.1) is 0 Å². The maximum absolute atomic E-state index is 9.39. The Hall–Kier alpha value is -2.25. The van der Waals surface area contributed by atoms with Crippen molar-refractivity contribution in [3.05, 3.63) is 41.9 Å². The van der Waals surface area contributed by atoms with Crippen molar-refractivity contribution in [1.82, 2.24) is 15.0 Å². The van der Waals surface area contributed by atoms with E-state index in [-0.39, 0.29) is 12.6 Å². The third-order valence-corrected chi connectivity index (χ3v) is 3.56. The van der Waals surface area contributed by atoms with Crippen LogP contribution >= 0.6 is 0 Å². The molecule has 1 saturated heterocycles. The second-order valence-electron chi connectivity index (χ2n) is 5.18. The zero-order valence-corrected chi connectivity index (χ0v) is 12.9. The van der Waals surface area contributed by atoms with Gasteiger partial charge in [0.25, 0.3) is 0 Å². The number of hydrogen-bond acceptors (Lipinski definition) is 7. The van der Waals surface area contributed by atoms with E-state index in [2.05, 4.69) is 19.9 Å². The number of morpholine rings is 1. The van der Waals surface area contributed by atoms with Crippen molar-refractivity contribution in [3.8, 4) is 6.01 Å². The van der Waals surface area contributed by atoms with Crippen LogP contribution in [0.15, 0.2) is 30.5 Å². The summed E-state index contributed by atoms with van der Waals surface area (Å²) in [5.74, 6) is 0.764. The maximum atomic E-state index is 9.39. The standard InChI is InChI=1S/C16H20N4O3/c21-12-14-11-15(20-6-9-22-10-7-20)19-16(18-14)23-8-4-13-3-1-2-5-17-13/h1-3,5,11,21H,4,6-10,12H2. The summed E-state index contributed by atoms with van der Waals surface area (Å²) in [6.07, 6.45) is 2.44. The molecule has 7 nitrogen and oxygen atoms in total. The van der Waals surface area contributed by atoms with Gasteiger partial charge in [0.15, 0.2) is 0 Å². The quantitative estimate of drug-likeness (QED) is 0.845. The first-order valence-corrected chi connectivity index (χ1v) is 7.69. The summed E-state index contributed by atoms with van der Waals surface area (Å²) in [5, 5.41) is 9.39. The van der Waals surface area contributed by atoms with Crippen LogP contribution in [0, 0.1) is 0 Å². The molecule has 0 aliphatic carbocycles. The Morgan fingerprint density at radius 2 is 2.04 bits per heavy atom. The summed E-state index contributed by atoms with van der Waals surface area (Å²) < 4.78 is 11.0. The molecule has 1 N–H and O–H groups in total. The normalized spacial score (nSPS) is 14.7.